The van der Waals surface area contributed by atoms with Gasteiger partial charge in [-0.1, -0.05) is 39.7 Å². The predicted molar refractivity (Wildman–Crippen MR) is 87.5 cm³/mol. The quantitative estimate of drug-likeness (QED) is 0.605. The van der Waals surface area contributed by atoms with Gasteiger partial charge in [-0.2, -0.15) is 0 Å². The maximum absolute atomic E-state index is 11.0. The summed E-state index contributed by atoms with van der Waals surface area (Å²) in [5, 5.41) is 15.0. The van der Waals surface area contributed by atoms with Gasteiger partial charge in [0.25, 0.3) is 5.69 Å². The van der Waals surface area contributed by atoms with E-state index in [-0.39, 0.29) is 16.7 Å². The first-order chi connectivity index (χ1) is 9.97. The third-order valence-electron chi connectivity index (χ3n) is 3.19. The van der Waals surface area contributed by atoms with Crippen LogP contribution in [0.15, 0.2) is 46.9 Å². The van der Waals surface area contributed by atoms with Crippen molar-refractivity contribution in [2.75, 3.05) is 0 Å². The van der Waals surface area contributed by atoms with Gasteiger partial charge in [0.15, 0.2) is 0 Å². The Bertz CT molecular complexity index is 664. The van der Waals surface area contributed by atoms with Gasteiger partial charge in [-0.15, -0.1) is 0 Å². The van der Waals surface area contributed by atoms with Crippen LogP contribution in [0.2, 0.25) is 5.02 Å². The number of nitro groups is 1. The largest absolute Gasteiger partial charge is 0.306 e. The van der Waals surface area contributed by atoms with E-state index in [1.807, 2.05) is 31.2 Å². The van der Waals surface area contributed by atoms with Gasteiger partial charge in [0.05, 0.1) is 4.92 Å². The summed E-state index contributed by atoms with van der Waals surface area (Å²) in [5.74, 6) is 0. The van der Waals surface area contributed by atoms with Gasteiger partial charge in [-0.05, 0) is 36.8 Å². The molecular formula is C15H14BrClN2O2. The fraction of sp³-hybridized carbons (Fsp3) is 0.200. The molecule has 1 N–H and O–H groups in total. The van der Waals surface area contributed by atoms with Gasteiger partial charge < -0.3 is 5.32 Å². The number of hydrogen-bond donors (Lipinski definition) is 1. The number of nitrogens with one attached hydrogen (secondary N) is 1. The molecule has 0 unspecified atom stereocenters. The molecule has 0 saturated carbocycles. The molecule has 1 atom stereocenters. The van der Waals surface area contributed by atoms with Crippen LogP contribution in [-0.2, 0) is 6.54 Å². The van der Waals surface area contributed by atoms with Crippen LogP contribution in [0.5, 0.6) is 0 Å². The molecule has 0 amide bonds. The average molecular weight is 370 g/mol. The lowest BCUT2D eigenvalue weighted by atomic mass is 10.1. The molecule has 0 aliphatic rings. The summed E-state index contributed by atoms with van der Waals surface area (Å²) in [6.45, 7) is 2.40. The lowest BCUT2D eigenvalue weighted by molar-refractivity contribution is -0.385. The van der Waals surface area contributed by atoms with Crippen molar-refractivity contribution in [3.63, 3.8) is 0 Å². The topological polar surface area (TPSA) is 55.2 Å². The fourth-order valence-corrected chi connectivity index (χ4v) is 2.64. The molecule has 2 aromatic rings. The Balaban J connectivity index is 2.12. The van der Waals surface area contributed by atoms with E-state index in [1.165, 1.54) is 6.07 Å². The normalized spacial score (nSPS) is 12.1. The first kappa shape index (κ1) is 15.9. The molecule has 0 aliphatic carbocycles. The van der Waals surface area contributed by atoms with Crippen LogP contribution in [-0.4, -0.2) is 4.92 Å². The summed E-state index contributed by atoms with van der Waals surface area (Å²) in [4.78, 5) is 10.7. The molecule has 0 radical (unpaired) electrons. The van der Waals surface area contributed by atoms with Crippen molar-refractivity contribution in [2.45, 2.75) is 19.5 Å². The van der Waals surface area contributed by atoms with Crippen LogP contribution < -0.4 is 5.32 Å². The second-order valence-electron chi connectivity index (χ2n) is 4.69. The molecule has 0 aromatic heterocycles. The van der Waals surface area contributed by atoms with Crippen LogP contribution in [0, 0.1) is 10.1 Å². The van der Waals surface area contributed by atoms with Gasteiger partial charge in [-0.3, -0.25) is 10.1 Å². The molecule has 2 rings (SSSR count). The zero-order valence-corrected chi connectivity index (χ0v) is 13.7. The number of benzene rings is 2. The molecule has 0 heterocycles. The lowest BCUT2D eigenvalue weighted by Crippen LogP contribution is -2.18. The summed E-state index contributed by atoms with van der Waals surface area (Å²) >= 11 is 9.31. The van der Waals surface area contributed by atoms with Crippen LogP contribution >= 0.6 is 27.5 Å². The Labute approximate surface area is 136 Å². The molecule has 0 fully saturated rings. The zero-order valence-electron chi connectivity index (χ0n) is 11.3. The molecule has 2 aromatic carbocycles. The monoisotopic (exact) mass is 368 g/mol. The highest BCUT2D eigenvalue weighted by Crippen LogP contribution is 2.24. The van der Waals surface area contributed by atoms with Crippen LogP contribution in [0.4, 0.5) is 5.69 Å². The van der Waals surface area contributed by atoms with E-state index in [2.05, 4.69) is 21.2 Å². The van der Waals surface area contributed by atoms with E-state index in [0.29, 0.717) is 17.1 Å². The predicted octanol–water partition coefficient (Wildman–Crippen LogP) is 4.86. The van der Waals surface area contributed by atoms with E-state index in [0.717, 1.165) is 10.0 Å². The van der Waals surface area contributed by atoms with Crippen molar-refractivity contribution in [3.05, 3.63) is 73.2 Å². The Morgan fingerprint density at radius 2 is 2.10 bits per heavy atom. The highest BCUT2D eigenvalue weighted by Gasteiger charge is 2.14. The number of hydrogen-bond acceptors (Lipinski definition) is 3. The second kappa shape index (κ2) is 7.02. The second-order valence-corrected chi connectivity index (χ2v) is 6.04. The van der Waals surface area contributed by atoms with Crippen molar-refractivity contribution in [2.24, 2.45) is 0 Å². The minimum Gasteiger partial charge on any atom is -0.306 e. The minimum absolute atomic E-state index is 0.0438. The lowest BCUT2D eigenvalue weighted by Gasteiger charge is -2.15. The maximum Gasteiger partial charge on any atom is 0.273 e. The standard InChI is InChI=1S/C15H14BrClN2O2/c1-10(11-3-2-4-14(17)8-11)18-9-12-7-13(16)5-6-15(12)19(20)21/h2-8,10,18H,9H2,1H3/t10-/m1/s1. The Hall–Kier alpha value is -1.43. The zero-order chi connectivity index (χ0) is 15.4. The number of halogens is 2. The van der Waals surface area contributed by atoms with E-state index >= 15 is 0 Å². The van der Waals surface area contributed by atoms with E-state index < -0.39 is 0 Å². The Kier molecular flexibility index (Phi) is 5.33. The average Bonchev–Trinajstić information content (AvgIpc) is 2.44. The summed E-state index contributed by atoms with van der Waals surface area (Å²) in [6, 6.07) is 12.5. The highest BCUT2D eigenvalue weighted by molar-refractivity contribution is 9.10. The van der Waals surface area contributed by atoms with Gasteiger partial charge in [0, 0.05) is 33.7 Å². The summed E-state index contributed by atoms with van der Waals surface area (Å²) in [5.41, 5.74) is 1.80. The van der Waals surface area contributed by atoms with Crippen LogP contribution in [0.1, 0.15) is 24.1 Å². The highest BCUT2D eigenvalue weighted by atomic mass is 79.9. The first-order valence-corrected chi connectivity index (χ1v) is 7.56. The molecule has 0 bridgehead atoms. The molecule has 110 valence electrons. The van der Waals surface area contributed by atoms with Crippen molar-refractivity contribution in [1.82, 2.24) is 5.32 Å². The SMILES string of the molecule is C[C@@H](NCc1cc(Br)ccc1[N+](=O)[O-])c1cccc(Cl)c1. The number of nitro benzene ring substituents is 1. The maximum atomic E-state index is 11.0. The Morgan fingerprint density at radius 1 is 1.33 bits per heavy atom. The summed E-state index contributed by atoms with van der Waals surface area (Å²) < 4.78 is 0.820. The third-order valence-corrected chi connectivity index (χ3v) is 3.91. The van der Waals surface area contributed by atoms with Gasteiger partial charge in [0.2, 0.25) is 0 Å². The van der Waals surface area contributed by atoms with Crippen molar-refractivity contribution in [1.29, 1.82) is 0 Å². The van der Waals surface area contributed by atoms with Gasteiger partial charge in [0.1, 0.15) is 0 Å². The van der Waals surface area contributed by atoms with E-state index in [9.17, 15) is 10.1 Å². The van der Waals surface area contributed by atoms with Gasteiger partial charge >= 0.3 is 0 Å². The van der Waals surface area contributed by atoms with Crippen molar-refractivity contribution in [3.8, 4) is 0 Å². The molecule has 6 heteroatoms. The molecular weight excluding hydrogens is 356 g/mol. The molecule has 0 aliphatic heterocycles. The molecule has 0 saturated heterocycles. The smallest absolute Gasteiger partial charge is 0.273 e. The van der Waals surface area contributed by atoms with Gasteiger partial charge in [-0.25, -0.2) is 0 Å². The Morgan fingerprint density at radius 3 is 2.76 bits per heavy atom. The first-order valence-electron chi connectivity index (χ1n) is 6.39. The molecule has 21 heavy (non-hydrogen) atoms. The summed E-state index contributed by atoms with van der Waals surface area (Å²) in [6.07, 6.45) is 0. The van der Waals surface area contributed by atoms with E-state index in [4.69, 9.17) is 11.6 Å². The van der Waals surface area contributed by atoms with Crippen LogP contribution in [0.25, 0.3) is 0 Å². The van der Waals surface area contributed by atoms with Crippen molar-refractivity contribution < 1.29 is 4.92 Å². The molecule has 4 nitrogen and oxygen atoms in total. The minimum atomic E-state index is -0.368. The summed E-state index contributed by atoms with van der Waals surface area (Å²) in [7, 11) is 0. The fourth-order valence-electron chi connectivity index (χ4n) is 2.03. The van der Waals surface area contributed by atoms with E-state index in [1.54, 1.807) is 12.1 Å². The van der Waals surface area contributed by atoms with Crippen molar-refractivity contribution >= 4 is 33.2 Å². The molecule has 0 spiro atoms. The number of rotatable bonds is 5. The van der Waals surface area contributed by atoms with Crippen LogP contribution in [0.3, 0.4) is 0 Å². The number of nitrogens with zero attached hydrogens (tertiary/aromatic N) is 1. The third kappa shape index (κ3) is 4.27.